The van der Waals surface area contributed by atoms with Gasteiger partial charge in [-0.05, 0) is 24.2 Å². The maximum absolute atomic E-state index is 5.90. The summed E-state index contributed by atoms with van der Waals surface area (Å²) in [6, 6.07) is 18.6. The predicted molar refractivity (Wildman–Crippen MR) is 78.1 cm³/mol. The van der Waals surface area contributed by atoms with E-state index in [4.69, 9.17) is 4.74 Å². The van der Waals surface area contributed by atoms with Crippen molar-refractivity contribution in [1.29, 1.82) is 0 Å². The number of hydrogen-bond donors (Lipinski definition) is 0. The zero-order valence-corrected chi connectivity index (χ0v) is 11.9. The highest BCUT2D eigenvalue weighted by Crippen LogP contribution is 2.25. The van der Waals surface area contributed by atoms with Crippen molar-refractivity contribution in [3.8, 4) is 5.75 Å². The molecule has 18 heavy (non-hydrogen) atoms. The van der Waals surface area contributed by atoms with Crippen LogP contribution in [0.5, 0.6) is 5.75 Å². The SMILES string of the molecule is Cc1ccc2c(c1)[Si](C)(Cc1ccccc1)CO2. The molecule has 0 saturated carbocycles. The van der Waals surface area contributed by atoms with E-state index >= 15 is 0 Å². The van der Waals surface area contributed by atoms with Gasteiger partial charge in [-0.25, -0.2) is 0 Å². The Morgan fingerprint density at radius 1 is 1.11 bits per heavy atom. The molecule has 0 spiro atoms. The van der Waals surface area contributed by atoms with E-state index in [-0.39, 0.29) is 0 Å². The Morgan fingerprint density at radius 2 is 1.89 bits per heavy atom. The molecule has 3 rings (SSSR count). The largest absolute Gasteiger partial charge is 0.497 e. The van der Waals surface area contributed by atoms with E-state index in [0.717, 1.165) is 12.0 Å². The molecule has 0 aliphatic carbocycles. The highest BCUT2D eigenvalue weighted by molar-refractivity contribution is 6.91. The summed E-state index contributed by atoms with van der Waals surface area (Å²) in [4.78, 5) is 0. The summed E-state index contributed by atoms with van der Waals surface area (Å²) in [6.07, 6.45) is 0.917. The molecule has 1 atom stereocenters. The first-order chi connectivity index (χ1) is 8.67. The Kier molecular flexibility index (Phi) is 2.75. The van der Waals surface area contributed by atoms with Crippen molar-refractivity contribution in [1.82, 2.24) is 0 Å². The third-order valence-electron chi connectivity index (χ3n) is 3.77. The third kappa shape index (κ3) is 1.97. The number of hydrogen-bond acceptors (Lipinski definition) is 1. The van der Waals surface area contributed by atoms with Crippen LogP contribution in [0.4, 0.5) is 0 Å². The van der Waals surface area contributed by atoms with Gasteiger partial charge in [0.2, 0.25) is 0 Å². The van der Waals surface area contributed by atoms with Crippen molar-refractivity contribution < 1.29 is 4.74 Å². The zero-order valence-electron chi connectivity index (χ0n) is 10.9. The first-order valence-corrected chi connectivity index (χ1v) is 9.37. The van der Waals surface area contributed by atoms with Crippen LogP contribution in [0, 0.1) is 6.92 Å². The minimum Gasteiger partial charge on any atom is -0.497 e. The first kappa shape index (κ1) is 11.5. The monoisotopic (exact) mass is 254 g/mol. The fourth-order valence-electron chi connectivity index (χ4n) is 2.75. The standard InChI is InChI=1S/C16H18OSi/c1-13-8-9-15-16(10-13)18(2,12-17-15)11-14-6-4-3-5-7-14/h3-10H,11-12H2,1-2H3. The molecule has 2 aromatic carbocycles. The molecule has 0 N–H and O–H groups in total. The molecular formula is C16H18OSi. The summed E-state index contributed by atoms with van der Waals surface area (Å²) < 4.78 is 5.90. The zero-order chi connectivity index (χ0) is 12.6. The molecule has 0 bridgehead atoms. The van der Waals surface area contributed by atoms with Crippen molar-refractivity contribution in [3.05, 3.63) is 59.7 Å². The third-order valence-corrected chi connectivity index (χ3v) is 7.43. The van der Waals surface area contributed by atoms with Crippen molar-refractivity contribution in [3.63, 3.8) is 0 Å². The summed E-state index contributed by atoms with van der Waals surface area (Å²) in [7, 11) is -1.50. The number of fused-ring (bicyclic) bond motifs is 1. The van der Waals surface area contributed by atoms with Gasteiger partial charge in [-0.1, -0.05) is 60.1 Å². The van der Waals surface area contributed by atoms with Crippen molar-refractivity contribution >= 4 is 13.3 Å². The van der Waals surface area contributed by atoms with Gasteiger partial charge < -0.3 is 4.74 Å². The molecule has 92 valence electrons. The Labute approximate surface area is 109 Å². The molecule has 0 aromatic heterocycles. The number of ether oxygens (including phenoxy) is 1. The molecule has 0 fully saturated rings. The lowest BCUT2D eigenvalue weighted by atomic mass is 10.2. The molecule has 1 unspecified atom stereocenters. The molecular weight excluding hydrogens is 236 g/mol. The van der Waals surface area contributed by atoms with E-state index in [2.05, 4.69) is 62.0 Å². The normalized spacial score (nSPS) is 21.4. The summed E-state index contributed by atoms with van der Waals surface area (Å²) in [5, 5.41) is 1.49. The highest BCUT2D eigenvalue weighted by atomic mass is 28.3. The average molecular weight is 254 g/mol. The number of rotatable bonds is 2. The van der Waals surface area contributed by atoms with E-state index in [0.29, 0.717) is 0 Å². The smallest absolute Gasteiger partial charge is 0.136 e. The van der Waals surface area contributed by atoms with E-state index in [1.807, 2.05) is 0 Å². The topological polar surface area (TPSA) is 9.23 Å². The van der Waals surface area contributed by atoms with Crippen LogP contribution < -0.4 is 9.92 Å². The van der Waals surface area contributed by atoms with E-state index in [1.54, 1.807) is 0 Å². The van der Waals surface area contributed by atoms with Crippen LogP contribution in [0.15, 0.2) is 48.5 Å². The van der Waals surface area contributed by atoms with E-state index in [9.17, 15) is 0 Å². The number of aryl methyl sites for hydroxylation is 1. The second-order valence-electron chi connectivity index (χ2n) is 5.51. The van der Waals surface area contributed by atoms with Crippen LogP contribution in [0.1, 0.15) is 11.1 Å². The van der Waals surface area contributed by atoms with Crippen LogP contribution >= 0.6 is 0 Å². The quantitative estimate of drug-likeness (QED) is 0.749. The van der Waals surface area contributed by atoms with Gasteiger partial charge in [0.25, 0.3) is 0 Å². The Balaban J connectivity index is 1.96. The van der Waals surface area contributed by atoms with Gasteiger partial charge in [-0.2, -0.15) is 0 Å². The maximum Gasteiger partial charge on any atom is 0.136 e. The van der Waals surface area contributed by atoms with Crippen molar-refractivity contribution in [2.24, 2.45) is 0 Å². The van der Waals surface area contributed by atoms with Crippen molar-refractivity contribution in [2.75, 3.05) is 6.23 Å². The molecule has 2 heteroatoms. The van der Waals surface area contributed by atoms with E-state index in [1.165, 1.54) is 22.4 Å². The van der Waals surface area contributed by atoms with Crippen LogP contribution in [-0.4, -0.2) is 14.3 Å². The first-order valence-electron chi connectivity index (χ1n) is 6.45. The molecule has 2 aromatic rings. The lowest BCUT2D eigenvalue weighted by Crippen LogP contribution is -2.47. The summed E-state index contributed by atoms with van der Waals surface area (Å²) >= 11 is 0. The molecule has 1 aliphatic heterocycles. The molecule has 0 amide bonds. The molecule has 0 radical (unpaired) electrons. The van der Waals surface area contributed by atoms with Crippen molar-refractivity contribution in [2.45, 2.75) is 19.5 Å². The predicted octanol–water partition coefficient (Wildman–Crippen LogP) is 2.99. The van der Waals surface area contributed by atoms with Gasteiger partial charge >= 0.3 is 0 Å². The second kappa shape index (κ2) is 4.29. The average Bonchev–Trinajstić information content (AvgIpc) is 2.68. The van der Waals surface area contributed by atoms with Gasteiger partial charge in [-0.15, -0.1) is 0 Å². The molecule has 1 aliphatic rings. The lowest BCUT2D eigenvalue weighted by molar-refractivity contribution is 0.394. The Hall–Kier alpha value is -1.54. The Bertz CT molecular complexity index is 565. The van der Waals surface area contributed by atoms with Gasteiger partial charge in [0.15, 0.2) is 0 Å². The lowest BCUT2D eigenvalue weighted by Gasteiger charge is -2.20. The van der Waals surface area contributed by atoms with Gasteiger partial charge in [0.1, 0.15) is 13.8 Å². The van der Waals surface area contributed by atoms with Crippen LogP contribution in [-0.2, 0) is 6.04 Å². The molecule has 1 heterocycles. The minimum absolute atomic E-state index is 0.917. The van der Waals surface area contributed by atoms with Gasteiger partial charge in [0, 0.05) is 0 Å². The van der Waals surface area contributed by atoms with Crippen LogP contribution in [0.2, 0.25) is 6.55 Å². The minimum atomic E-state index is -1.50. The summed E-state index contributed by atoms with van der Waals surface area (Å²) in [5.41, 5.74) is 2.77. The highest BCUT2D eigenvalue weighted by Gasteiger charge is 2.38. The van der Waals surface area contributed by atoms with Crippen LogP contribution in [0.25, 0.3) is 0 Å². The summed E-state index contributed by atoms with van der Waals surface area (Å²) in [5.74, 6) is 1.12. The van der Waals surface area contributed by atoms with Gasteiger partial charge in [0.05, 0.1) is 6.23 Å². The molecule has 0 saturated heterocycles. The number of benzene rings is 2. The molecule has 1 nitrogen and oxygen atoms in total. The maximum atomic E-state index is 5.90. The summed E-state index contributed by atoms with van der Waals surface area (Å²) in [6.45, 7) is 4.60. The fourth-order valence-corrected chi connectivity index (χ4v) is 6.13. The van der Waals surface area contributed by atoms with E-state index < -0.39 is 8.07 Å². The van der Waals surface area contributed by atoms with Gasteiger partial charge in [-0.3, -0.25) is 0 Å². The Morgan fingerprint density at radius 3 is 2.67 bits per heavy atom. The van der Waals surface area contributed by atoms with Crippen LogP contribution in [0.3, 0.4) is 0 Å². The second-order valence-corrected chi connectivity index (χ2v) is 9.81. The fraction of sp³-hybridized carbons (Fsp3) is 0.250.